The van der Waals surface area contributed by atoms with Crippen molar-refractivity contribution in [1.82, 2.24) is 5.32 Å². The van der Waals surface area contributed by atoms with Crippen LogP contribution in [0.5, 0.6) is 17.2 Å². The second-order valence-corrected chi connectivity index (χ2v) is 5.46. The van der Waals surface area contributed by atoms with Gasteiger partial charge in [-0.25, -0.2) is 0 Å². The number of amides is 1. The number of phenols is 1. The molecule has 2 N–H and O–H groups in total. The van der Waals surface area contributed by atoms with Crippen molar-refractivity contribution in [2.45, 2.75) is 19.3 Å². The van der Waals surface area contributed by atoms with E-state index in [9.17, 15) is 9.90 Å². The molecule has 0 saturated carbocycles. The quantitative estimate of drug-likeness (QED) is 0.781. The van der Waals surface area contributed by atoms with Crippen molar-refractivity contribution >= 4 is 5.91 Å². The first kappa shape index (κ1) is 17.7. The monoisotopic (exact) mass is 329 g/mol. The van der Waals surface area contributed by atoms with E-state index in [0.717, 1.165) is 11.1 Å². The number of aromatic hydroxyl groups is 1. The Bertz CT molecular complexity index is 685. The van der Waals surface area contributed by atoms with Gasteiger partial charge in [0, 0.05) is 13.0 Å². The highest BCUT2D eigenvalue weighted by molar-refractivity contribution is 5.76. The van der Waals surface area contributed by atoms with Crippen LogP contribution in [0.1, 0.15) is 17.5 Å². The summed E-state index contributed by atoms with van der Waals surface area (Å²) in [6, 6.07) is 12.7. The Balaban J connectivity index is 1.77. The Morgan fingerprint density at radius 3 is 2.46 bits per heavy atom. The second-order valence-electron chi connectivity index (χ2n) is 5.46. The normalized spacial score (nSPS) is 10.2. The highest BCUT2D eigenvalue weighted by Gasteiger charge is 2.07. The highest BCUT2D eigenvalue weighted by Crippen LogP contribution is 2.27. The van der Waals surface area contributed by atoms with E-state index in [1.165, 1.54) is 0 Å². The number of hydrogen-bond acceptors (Lipinski definition) is 4. The van der Waals surface area contributed by atoms with Gasteiger partial charge in [-0.3, -0.25) is 4.79 Å². The molecule has 0 unspecified atom stereocenters. The summed E-state index contributed by atoms with van der Waals surface area (Å²) in [6.45, 7) is 0.550. The van der Waals surface area contributed by atoms with Crippen molar-refractivity contribution in [3.63, 3.8) is 0 Å². The van der Waals surface area contributed by atoms with Crippen LogP contribution in [0.3, 0.4) is 0 Å². The van der Waals surface area contributed by atoms with E-state index < -0.39 is 0 Å². The predicted octanol–water partition coefficient (Wildman–Crippen LogP) is 2.70. The molecule has 5 nitrogen and oxygen atoms in total. The molecule has 0 spiro atoms. The van der Waals surface area contributed by atoms with Crippen molar-refractivity contribution in [3.8, 4) is 17.2 Å². The molecule has 5 heteroatoms. The van der Waals surface area contributed by atoms with E-state index in [2.05, 4.69) is 5.32 Å². The molecule has 0 aliphatic heterocycles. The number of carbonyl (C=O) groups excluding carboxylic acids is 1. The third-order valence-electron chi connectivity index (χ3n) is 3.74. The number of benzene rings is 2. The topological polar surface area (TPSA) is 67.8 Å². The summed E-state index contributed by atoms with van der Waals surface area (Å²) in [6.07, 6.45) is 1.74. The van der Waals surface area contributed by atoms with Gasteiger partial charge in [-0.15, -0.1) is 0 Å². The molecular formula is C19H23NO4. The largest absolute Gasteiger partial charge is 0.508 e. The van der Waals surface area contributed by atoms with Gasteiger partial charge < -0.3 is 19.9 Å². The fourth-order valence-electron chi connectivity index (χ4n) is 2.44. The van der Waals surface area contributed by atoms with Crippen LogP contribution in [0.15, 0.2) is 42.5 Å². The fourth-order valence-corrected chi connectivity index (χ4v) is 2.44. The number of phenolic OH excluding ortho intramolecular Hbond substituents is 1. The smallest absolute Gasteiger partial charge is 0.220 e. The minimum Gasteiger partial charge on any atom is -0.508 e. The molecule has 2 aromatic carbocycles. The molecule has 0 bridgehead atoms. The van der Waals surface area contributed by atoms with Gasteiger partial charge in [-0.05, 0) is 48.2 Å². The Morgan fingerprint density at radius 2 is 1.75 bits per heavy atom. The average Bonchev–Trinajstić information content (AvgIpc) is 2.59. The van der Waals surface area contributed by atoms with Crippen molar-refractivity contribution in [2.75, 3.05) is 20.8 Å². The molecule has 0 aliphatic rings. The van der Waals surface area contributed by atoms with Crippen LogP contribution in [0.4, 0.5) is 0 Å². The lowest BCUT2D eigenvalue weighted by atomic mass is 10.1. The Labute approximate surface area is 142 Å². The summed E-state index contributed by atoms with van der Waals surface area (Å²) in [4.78, 5) is 11.9. The summed E-state index contributed by atoms with van der Waals surface area (Å²) in [5, 5.41) is 12.3. The summed E-state index contributed by atoms with van der Waals surface area (Å²) in [5.74, 6) is 1.59. The number of aryl methyl sites for hydroxylation is 1. The standard InChI is InChI=1S/C19H23NO4/c1-23-17-8-6-15(13-18(17)24-2)7-9-19(22)20-11-10-14-4-3-5-16(21)12-14/h3-6,8,12-13,21H,7,9-11H2,1-2H3,(H,20,22). The van der Waals surface area contributed by atoms with Crippen LogP contribution in [0.2, 0.25) is 0 Å². The van der Waals surface area contributed by atoms with Crippen LogP contribution in [0, 0.1) is 0 Å². The van der Waals surface area contributed by atoms with Gasteiger partial charge in [0.25, 0.3) is 0 Å². The third-order valence-corrected chi connectivity index (χ3v) is 3.74. The van der Waals surface area contributed by atoms with E-state index in [1.54, 1.807) is 32.4 Å². The third kappa shape index (κ3) is 5.19. The Morgan fingerprint density at radius 1 is 1.00 bits per heavy atom. The van der Waals surface area contributed by atoms with Gasteiger partial charge >= 0.3 is 0 Å². The van der Waals surface area contributed by atoms with Gasteiger partial charge in [-0.1, -0.05) is 18.2 Å². The van der Waals surface area contributed by atoms with Crippen molar-refractivity contribution in [3.05, 3.63) is 53.6 Å². The van der Waals surface area contributed by atoms with E-state index in [4.69, 9.17) is 9.47 Å². The average molecular weight is 329 g/mol. The van der Waals surface area contributed by atoms with E-state index in [1.807, 2.05) is 24.3 Å². The van der Waals surface area contributed by atoms with Crippen molar-refractivity contribution in [1.29, 1.82) is 0 Å². The van der Waals surface area contributed by atoms with E-state index in [0.29, 0.717) is 37.3 Å². The molecule has 2 aromatic rings. The van der Waals surface area contributed by atoms with Crippen molar-refractivity contribution in [2.24, 2.45) is 0 Å². The van der Waals surface area contributed by atoms with Crippen LogP contribution < -0.4 is 14.8 Å². The first-order chi connectivity index (χ1) is 11.6. The zero-order valence-electron chi connectivity index (χ0n) is 14.0. The highest BCUT2D eigenvalue weighted by atomic mass is 16.5. The first-order valence-electron chi connectivity index (χ1n) is 7.88. The molecule has 0 radical (unpaired) electrons. The molecule has 0 aliphatic carbocycles. The SMILES string of the molecule is COc1ccc(CCC(=O)NCCc2cccc(O)c2)cc1OC. The summed E-state index contributed by atoms with van der Waals surface area (Å²) in [5.41, 5.74) is 2.02. The van der Waals surface area contributed by atoms with E-state index in [-0.39, 0.29) is 11.7 Å². The molecule has 0 fully saturated rings. The molecule has 0 heterocycles. The molecular weight excluding hydrogens is 306 g/mol. The van der Waals surface area contributed by atoms with Crippen LogP contribution >= 0.6 is 0 Å². The molecule has 0 aromatic heterocycles. The molecule has 0 atom stereocenters. The van der Waals surface area contributed by atoms with Gasteiger partial charge in [-0.2, -0.15) is 0 Å². The number of nitrogens with one attached hydrogen (secondary N) is 1. The minimum absolute atomic E-state index is 0.00457. The predicted molar refractivity (Wildman–Crippen MR) is 92.7 cm³/mol. The van der Waals surface area contributed by atoms with Gasteiger partial charge in [0.2, 0.25) is 5.91 Å². The molecule has 2 rings (SSSR count). The van der Waals surface area contributed by atoms with Crippen molar-refractivity contribution < 1.29 is 19.4 Å². The van der Waals surface area contributed by atoms with Crippen LogP contribution in [-0.4, -0.2) is 31.8 Å². The fraction of sp³-hybridized carbons (Fsp3) is 0.316. The minimum atomic E-state index is 0.00457. The molecule has 128 valence electrons. The number of rotatable bonds is 8. The lowest BCUT2D eigenvalue weighted by molar-refractivity contribution is -0.121. The number of methoxy groups -OCH3 is 2. The maximum atomic E-state index is 11.9. The number of hydrogen-bond donors (Lipinski definition) is 2. The zero-order chi connectivity index (χ0) is 17.4. The Kier molecular flexibility index (Phi) is 6.49. The molecule has 0 saturated heterocycles. The summed E-state index contributed by atoms with van der Waals surface area (Å²) >= 11 is 0. The molecule has 24 heavy (non-hydrogen) atoms. The summed E-state index contributed by atoms with van der Waals surface area (Å²) < 4.78 is 10.5. The first-order valence-corrected chi connectivity index (χ1v) is 7.88. The second kappa shape index (κ2) is 8.82. The molecule has 1 amide bonds. The van der Waals surface area contributed by atoms with Crippen LogP contribution in [0.25, 0.3) is 0 Å². The van der Waals surface area contributed by atoms with Gasteiger partial charge in [0.15, 0.2) is 11.5 Å². The lowest BCUT2D eigenvalue weighted by Gasteiger charge is -2.10. The zero-order valence-corrected chi connectivity index (χ0v) is 14.0. The maximum absolute atomic E-state index is 11.9. The van der Waals surface area contributed by atoms with Gasteiger partial charge in [0.1, 0.15) is 5.75 Å². The van der Waals surface area contributed by atoms with Gasteiger partial charge in [0.05, 0.1) is 14.2 Å². The van der Waals surface area contributed by atoms with Crippen LogP contribution in [-0.2, 0) is 17.6 Å². The number of carbonyl (C=O) groups is 1. The Hall–Kier alpha value is -2.69. The van der Waals surface area contributed by atoms with E-state index >= 15 is 0 Å². The number of ether oxygens (including phenoxy) is 2. The maximum Gasteiger partial charge on any atom is 0.220 e. The summed E-state index contributed by atoms with van der Waals surface area (Å²) in [7, 11) is 3.19. The lowest BCUT2D eigenvalue weighted by Crippen LogP contribution is -2.25.